The van der Waals surface area contributed by atoms with Gasteiger partial charge in [-0.1, -0.05) is 49.0 Å². The fourth-order valence-corrected chi connectivity index (χ4v) is 4.06. The number of ether oxygens (including phenoxy) is 1. The van der Waals surface area contributed by atoms with Crippen LogP contribution in [0.2, 0.25) is 10.0 Å². The van der Waals surface area contributed by atoms with Gasteiger partial charge in [0.1, 0.15) is 12.1 Å². The molecule has 0 radical (unpaired) electrons. The highest BCUT2D eigenvalue weighted by molar-refractivity contribution is 6.37. The van der Waals surface area contributed by atoms with Crippen LogP contribution in [0.5, 0.6) is 5.75 Å². The summed E-state index contributed by atoms with van der Waals surface area (Å²) in [7, 11) is 0. The van der Waals surface area contributed by atoms with Gasteiger partial charge in [0.2, 0.25) is 0 Å². The Hall–Kier alpha value is -1.46. The fraction of sp³-hybridized carbons (Fsp3) is 0.529. The highest BCUT2D eigenvalue weighted by Gasteiger charge is 2.54. The molecule has 2 aliphatic rings. The molecule has 0 unspecified atom stereocenters. The van der Waals surface area contributed by atoms with Crippen molar-refractivity contribution >= 4 is 35.1 Å². The van der Waals surface area contributed by atoms with Crippen molar-refractivity contribution in [1.82, 2.24) is 10.2 Å². The minimum Gasteiger partial charge on any atom is -0.489 e. The molecule has 1 aromatic rings. The van der Waals surface area contributed by atoms with E-state index in [0.29, 0.717) is 22.2 Å². The molecule has 1 aliphatic carbocycles. The van der Waals surface area contributed by atoms with Crippen molar-refractivity contribution in [3.8, 4) is 5.75 Å². The van der Waals surface area contributed by atoms with E-state index < -0.39 is 5.54 Å². The van der Waals surface area contributed by atoms with Crippen LogP contribution in [0.3, 0.4) is 0 Å². The molecule has 1 spiro atoms. The monoisotopic (exact) mass is 370 g/mol. The van der Waals surface area contributed by atoms with Crippen molar-refractivity contribution < 1.29 is 14.3 Å². The van der Waals surface area contributed by atoms with Crippen molar-refractivity contribution in [3.63, 3.8) is 0 Å². The Balaban J connectivity index is 1.66. The Labute approximate surface area is 151 Å². The minimum atomic E-state index is -0.739. The summed E-state index contributed by atoms with van der Waals surface area (Å²) in [6.45, 7) is 2.34. The first kappa shape index (κ1) is 17.4. The van der Waals surface area contributed by atoms with Crippen molar-refractivity contribution in [2.45, 2.75) is 38.1 Å². The van der Waals surface area contributed by atoms with Crippen LogP contribution in [0.1, 0.15) is 32.6 Å². The van der Waals surface area contributed by atoms with E-state index in [0.717, 1.165) is 19.3 Å². The molecule has 0 aromatic heterocycles. The molecule has 1 N–H and O–H groups in total. The molecule has 1 heterocycles. The summed E-state index contributed by atoms with van der Waals surface area (Å²) in [4.78, 5) is 26.3. The van der Waals surface area contributed by atoms with E-state index in [4.69, 9.17) is 27.9 Å². The molecule has 0 bridgehead atoms. The smallest absolute Gasteiger partial charge is 0.325 e. The van der Waals surface area contributed by atoms with Crippen molar-refractivity contribution in [2.75, 3.05) is 13.2 Å². The maximum atomic E-state index is 12.8. The zero-order valence-corrected chi connectivity index (χ0v) is 15.0. The standard InChI is InChI=1S/C17H20Cl2N2O3/c1-11-5-2-3-8-17(11)15(22)21(16(23)20-17)9-10-24-14-12(18)6-4-7-13(14)19/h4,6-7,11H,2-3,5,8-10H2,1H3,(H,20,23)/t11-,17+/m0/s1. The number of nitrogens with zero attached hydrogens (tertiary/aromatic N) is 1. The second kappa shape index (κ2) is 6.81. The summed E-state index contributed by atoms with van der Waals surface area (Å²) in [5, 5.41) is 3.72. The summed E-state index contributed by atoms with van der Waals surface area (Å²) in [6, 6.07) is 4.73. The van der Waals surface area contributed by atoms with E-state index in [1.54, 1.807) is 18.2 Å². The Bertz CT molecular complexity index is 647. The van der Waals surface area contributed by atoms with Gasteiger partial charge in [-0.25, -0.2) is 4.79 Å². The molecule has 1 saturated heterocycles. The normalized spacial score (nSPS) is 26.8. The summed E-state index contributed by atoms with van der Waals surface area (Å²) < 4.78 is 5.59. The van der Waals surface area contributed by atoms with Crippen LogP contribution in [0.4, 0.5) is 4.79 Å². The van der Waals surface area contributed by atoms with Crippen LogP contribution >= 0.6 is 23.2 Å². The lowest BCUT2D eigenvalue weighted by atomic mass is 9.73. The first-order chi connectivity index (χ1) is 11.5. The van der Waals surface area contributed by atoms with Gasteiger partial charge in [-0.2, -0.15) is 0 Å². The Kier molecular flexibility index (Phi) is 4.92. The lowest BCUT2D eigenvalue weighted by Crippen LogP contribution is -2.54. The van der Waals surface area contributed by atoms with E-state index in [1.807, 2.05) is 6.92 Å². The van der Waals surface area contributed by atoms with E-state index in [9.17, 15) is 9.59 Å². The molecule has 130 valence electrons. The molecule has 7 heteroatoms. The lowest BCUT2D eigenvalue weighted by Gasteiger charge is -2.36. The third-order valence-electron chi connectivity index (χ3n) is 4.98. The number of hydrogen-bond acceptors (Lipinski definition) is 3. The largest absolute Gasteiger partial charge is 0.489 e. The number of carbonyl (C=O) groups is 2. The number of urea groups is 1. The molecule has 3 amide bonds. The first-order valence-corrected chi connectivity index (χ1v) is 8.92. The second-order valence-corrected chi connectivity index (χ2v) is 7.22. The van der Waals surface area contributed by atoms with Crippen LogP contribution in [-0.4, -0.2) is 35.5 Å². The number of benzene rings is 1. The van der Waals surface area contributed by atoms with Crippen LogP contribution in [0.25, 0.3) is 0 Å². The number of amides is 3. The maximum absolute atomic E-state index is 12.8. The van der Waals surface area contributed by atoms with Gasteiger partial charge < -0.3 is 10.1 Å². The van der Waals surface area contributed by atoms with Gasteiger partial charge in [0.25, 0.3) is 5.91 Å². The first-order valence-electron chi connectivity index (χ1n) is 8.16. The molecule has 1 aromatic carbocycles. The molecular weight excluding hydrogens is 351 g/mol. The molecule has 2 atom stereocenters. The fourth-order valence-electron chi connectivity index (χ4n) is 3.56. The summed E-state index contributed by atoms with van der Waals surface area (Å²) in [5.74, 6) is 0.369. The lowest BCUT2D eigenvalue weighted by molar-refractivity contribution is -0.134. The van der Waals surface area contributed by atoms with Gasteiger partial charge in [-0.05, 0) is 30.9 Å². The molecule has 24 heavy (non-hydrogen) atoms. The highest BCUT2D eigenvalue weighted by Crippen LogP contribution is 2.38. The van der Waals surface area contributed by atoms with E-state index >= 15 is 0 Å². The Morgan fingerprint density at radius 2 is 2.00 bits per heavy atom. The van der Waals surface area contributed by atoms with Gasteiger partial charge >= 0.3 is 6.03 Å². The predicted octanol–water partition coefficient (Wildman–Crippen LogP) is 3.87. The highest BCUT2D eigenvalue weighted by atomic mass is 35.5. The van der Waals surface area contributed by atoms with Crippen LogP contribution < -0.4 is 10.1 Å². The number of nitrogens with one attached hydrogen (secondary N) is 1. The Morgan fingerprint density at radius 3 is 2.67 bits per heavy atom. The SMILES string of the molecule is C[C@H]1CCCC[C@@]12NC(=O)N(CCOc1c(Cl)cccc1Cl)C2=O. The molecular formula is C17H20Cl2N2O3. The number of para-hydroxylation sites is 1. The van der Waals surface area contributed by atoms with Crippen molar-refractivity contribution in [3.05, 3.63) is 28.2 Å². The third-order valence-corrected chi connectivity index (χ3v) is 5.58. The molecule has 3 rings (SSSR count). The van der Waals surface area contributed by atoms with Gasteiger partial charge in [-0.15, -0.1) is 0 Å². The molecule has 5 nitrogen and oxygen atoms in total. The molecule has 1 aliphatic heterocycles. The number of carbonyl (C=O) groups excluding carboxylic acids is 2. The number of imide groups is 1. The summed E-state index contributed by atoms with van der Waals surface area (Å²) >= 11 is 12.1. The average Bonchev–Trinajstić information content (AvgIpc) is 2.78. The molecule has 1 saturated carbocycles. The number of rotatable bonds is 4. The van der Waals surface area contributed by atoms with Gasteiger partial charge in [0, 0.05) is 0 Å². The zero-order chi connectivity index (χ0) is 17.3. The average molecular weight is 371 g/mol. The number of halogens is 2. The van der Waals surface area contributed by atoms with Crippen molar-refractivity contribution in [1.29, 1.82) is 0 Å². The topological polar surface area (TPSA) is 58.6 Å². The number of hydrogen-bond donors (Lipinski definition) is 1. The summed E-state index contributed by atoms with van der Waals surface area (Å²) in [5.41, 5.74) is -0.739. The quantitative estimate of drug-likeness (QED) is 0.818. The van der Waals surface area contributed by atoms with Gasteiger partial charge in [0.05, 0.1) is 16.6 Å². The van der Waals surface area contributed by atoms with E-state index in [-0.39, 0.29) is 31.0 Å². The second-order valence-electron chi connectivity index (χ2n) is 6.40. The van der Waals surface area contributed by atoms with Crippen LogP contribution in [-0.2, 0) is 4.79 Å². The minimum absolute atomic E-state index is 0.145. The predicted molar refractivity (Wildman–Crippen MR) is 92.6 cm³/mol. The molecule has 2 fully saturated rings. The van der Waals surface area contributed by atoms with Crippen molar-refractivity contribution in [2.24, 2.45) is 5.92 Å². The van der Waals surface area contributed by atoms with E-state index in [1.165, 1.54) is 4.90 Å². The van der Waals surface area contributed by atoms with Crippen LogP contribution in [0.15, 0.2) is 18.2 Å². The Morgan fingerprint density at radius 1 is 1.29 bits per heavy atom. The maximum Gasteiger partial charge on any atom is 0.325 e. The zero-order valence-electron chi connectivity index (χ0n) is 13.5. The summed E-state index contributed by atoms with van der Waals surface area (Å²) in [6.07, 6.45) is 3.70. The van der Waals surface area contributed by atoms with E-state index in [2.05, 4.69) is 5.32 Å². The van der Waals surface area contributed by atoms with Gasteiger partial charge in [0.15, 0.2) is 5.75 Å². The van der Waals surface area contributed by atoms with Crippen LogP contribution in [0, 0.1) is 5.92 Å². The van der Waals surface area contributed by atoms with Gasteiger partial charge in [-0.3, -0.25) is 9.69 Å². The third kappa shape index (κ3) is 2.95.